The van der Waals surface area contributed by atoms with Crippen molar-refractivity contribution in [3.05, 3.63) is 53.9 Å². The maximum atomic E-state index is 8.82. The Balaban J connectivity index is 2.37. The van der Waals surface area contributed by atoms with Crippen molar-refractivity contribution in [2.45, 2.75) is 13.0 Å². The Morgan fingerprint density at radius 3 is 2.47 bits per heavy atom. The zero-order valence-electron chi connectivity index (χ0n) is 9.59. The van der Waals surface area contributed by atoms with E-state index in [1.54, 1.807) is 12.4 Å². The van der Waals surface area contributed by atoms with Crippen molar-refractivity contribution in [2.75, 3.05) is 0 Å². The standard InChI is InChI=1S/C14H13N3/c1-10(16)12-2-4-13(5-3-12)14-6-11(7-15)8-17-9-14/h2-6,8-10H,16H2,1H3. The van der Waals surface area contributed by atoms with Gasteiger partial charge in [0.05, 0.1) is 5.56 Å². The van der Waals surface area contributed by atoms with E-state index in [-0.39, 0.29) is 6.04 Å². The molecule has 17 heavy (non-hydrogen) atoms. The molecular formula is C14H13N3. The smallest absolute Gasteiger partial charge is 0.101 e. The second kappa shape index (κ2) is 4.77. The first-order valence-electron chi connectivity index (χ1n) is 5.42. The lowest BCUT2D eigenvalue weighted by Crippen LogP contribution is -2.04. The van der Waals surface area contributed by atoms with Gasteiger partial charge < -0.3 is 5.73 Å². The first-order chi connectivity index (χ1) is 8.20. The molecule has 3 heteroatoms. The van der Waals surface area contributed by atoms with Crippen LogP contribution in [-0.2, 0) is 0 Å². The molecule has 0 fully saturated rings. The van der Waals surface area contributed by atoms with Crippen molar-refractivity contribution in [3.63, 3.8) is 0 Å². The number of hydrogen-bond donors (Lipinski definition) is 1. The SMILES string of the molecule is CC(N)c1ccc(-c2cncc(C#N)c2)cc1. The fraction of sp³-hybridized carbons (Fsp3) is 0.143. The number of benzene rings is 1. The van der Waals surface area contributed by atoms with E-state index in [2.05, 4.69) is 11.1 Å². The van der Waals surface area contributed by atoms with Crippen LogP contribution in [-0.4, -0.2) is 4.98 Å². The lowest BCUT2D eigenvalue weighted by molar-refractivity contribution is 0.818. The molecule has 1 heterocycles. The second-order valence-corrected chi connectivity index (χ2v) is 3.98. The van der Waals surface area contributed by atoms with E-state index in [1.807, 2.05) is 37.3 Å². The summed E-state index contributed by atoms with van der Waals surface area (Å²) in [5.74, 6) is 0. The molecule has 1 unspecified atom stereocenters. The molecular weight excluding hydrogens is 210 g/mol. The van der Waals surface area contributed by atoms with E-state index in [1.165, 1.54) is 0 Å². The number of nitrogens with zero attached hydrogens (tertiary/aromatic N) is 2. The van der Waals surface area contributed by atoms with Crippen LogP contribution in [0.5, 0.6) is 0 Å². The Morgan fingerprint density at radius 2 is 1.88 bits per heavy atom. The Labute approximate surface area is 101 Å². The highest BCUT2D eigenvalue weighted by Gasteiger charge is 2.02. The minimum atomic E-state index is 0.0348. The summed E-state index contributed by atoms with van der Waals surface area (Å²) in [5.41, 5.74) is 9.44. The molecule has 2 aromatic rings. The summed E-state index contributed by atoms with van der Waals surface area (Å²) in [7, 11) is 0. The van der Waals surface area contributed by atoms with Gasteiger partial charge in [-0.15, -0.1) is 0 Å². The Morgan fingerprint density at radius 1 is 1.18 bits per heavy atom. The maximum Gasteiger partial charge on any atom is 0.101 e. The van der Waals surface area contributed by atoms with E-state index >= 15 is 0 Å². The summed E-state index contributed by atoms with van der Waals surface area (Å²) < 4.78 is 0. The van der Waals surface area contributed by atoms with Crippen LogP contribution in [0.1, 0.15) is 24.1 Å². The Hall–Kier alpha value is -2.18. The van der Waals surface area contributed by atoms with E-state index in [4.69, 9.17) is 11.0 Å². The highest BCUT2D eigenvalue weighted by Crippen LogP contribution is 2.21. The summed E-state index contributed by atoms with van der Waals surface area (Å²) >= 11 is 0. The van der Waals surface area contributed by atoms with Gasteiger partial charge in [-0.1, -0.05) is 24.3 Å². The number of aromatic nitrogens is 1. The average Bonchev–Trinajstić information content (AvgIpc) is 2.39. The first kappa shape index (κ1) is 11.3. The number of rotatable bonds is 2. The fourth-order valence-electron chi connectivity index (χ4n) is 1.64. The number of nitriles is 1. The van der Waals surface area contributed by atoms with Crippen LogP contribution in [0.25, 0.3) is 11.1 Å². The van der Waals surface area contributed by atoms with E-state index in [0.29, 0.717) is 5.56 Å². The zero-order valence-corrected chi connectivity index (χ0v) is 9.59. The monoisotopic (exact) mass is 223 g/mol. The molecule has 0 saturated heterocycles. The molecule has 0 aliphatic heterocycles. The molecule has 0 amide bonds. The highest BCUT2D eigenvalue weighted by atomic mass is 14.6. The highest BCUT2D eigenvalue weighted by molar-refractivity contribution is 5.64. The number of pyridine rings is 1. The van der Waals surface area contributed by atoms with Crippen molar-refractivity contribution >= 4 is 0 Å². The Kier molecular flexibility index (Phi) is 3.17. The molecule has 0 saturated carbocycles. The molecule has 0 aliphatic carbocycles. The summed E-state index contributed by atoms with van der Waals surface area (Å²) in [5, 5.41) is 8.82. The van der Waals surface area contributed by atoms with Crippen molar-refractivity contribution in [2.24, 2.45) is 5.73 Å². The topological polar surface area (TPSA) is 62.7 Å². The van der Waals surface area contributed by atoms with Crippen LogP contribution in [0.15, 0.2) is 42.7 Å². The third-order valence-corrected chi connectivity index (χ3v) is 2.64. The molecule has 1 atom stereocenters. The van der Waals surface area contributed by atoms with Gasteiger partial charge in [-0.2, -0.15) is 5.26 Å². The van der Waals surface area contributed by atoms with Gasteiger partial charge in [-0.05, 0) is 24.1 Å². The third-order valence-electron chi connectivity index (χ3n) is 2.64. The van der Waals surface area contributed by atoms with Gasteiger partial charge in [0, 0.05) is 24.0 Å². The minimum absolute atomic E-state index is 0.0348. The molecule has 2 N–H and O–H groups in total. The molecule has 2 rings (SSSR count). The van der Waals surface area contributed by atoms with E-state index < -0.39 is 0 Å². The van der Waals surface area contributed by atoms with Crippen molar-refractivity contribution in [1.29, 1.82) is 5.26 Å². The largest absolute Gasteiger partial charge is 0.324 e. The predicted molar refractivity (Wildman–Crippen MR) is 67.0 cm³/mol. The van der Waals surface area contributed by atoms with Crippen LogP contribution in [0, 0.1) is 11.3 Å². The van der Waals surface area contributed by atoms with Crippen LogP contribution in [0.4, 0.5) is 0 Å². The molecule has 84 valence electrons. The van der Waals surface area contributed by atoms with Crippen LogP contribution < -0.4 is 5.73 Å². The molecule has 3 nitrogen and oxygen atoms in total. The quantitative estimate of drug-likeness (QED) is 0.851. The molecule has 0 aliphatic rings. The van der Waals surface area contributed by atoms with Gasteiger partial charge in [0.1, 0.15) is 6.07 Å². The summed E-state index contributed by atoms with van der Waals surface area (Å²) in [6.45, 7) is 1.95. The normalized spacial score (nSPS) is 11.8. The third kappa shape index (κ3) is 2.49. The number of hydrogen-bond acceptors (Lipinski definition) is 3. The van der Waals surface area contributed by atoms with Crippen molar-refractivity contribution in [1.82, 2.24) is 4.98 Å². The van der Waals surface area contributed by atoms with Gasteiger partial charge >= 0.3 is 0 Å². The van der Waals surface area contributed by atoms with Gasteiger partial charge in [0.15, 0.2) is 0 Å². The van der Waals surface area contributed by atoms with Crippen molar-refractivity contribution in [3.8, 4) is 17.2 Å². The van der Waals surface area contributed by atoms with Gasteiger partial charge in [-0.3, -0.25) is 4.98 Å². The molecule has 0 spiro atoms. The van der Waals surface area contributed by atoms with E-state index in [9.17, 15) is 0 Å². The lowest BCUT2D eigenvalue weighted by Gasteiger charge is -2.07. The van der Waals surface area contributed by atoms with Gasteiger partial charge in [-0.25, -0.2) is 0 Å². The second-order valence-electron chi connectivity index (χ2n) is 3.98. The first-order valence-corrected chi connectivity index (χ1v) is 5.42. The van der Waals surface area contributed by atoms with E-state index in [0.717, 1.165) is 16.7 Å². The molecule has 1 aromatic carbocycles. The summed E-state index contributed by atoms with van der Waals surface area (Å²) in [6.07, 6.45) is 3.31. The summed E-state index contributed by atoms with van der Waals surface area (Å²) in [4.78, 5) is 4.04. The van der Waals surface area contributed by atoms with Crippen LogP contribution >= 0.6 is 0 Å². The Bertz CT molecular complexity index is 550. The minimum Gasteiger partial charge on any atom is -0.324 e. The molecule has 0 bridgehead atoms. The van der Waals surface area contributed by atoms with Crippen LogP contribution in [0.3, 0.4) is 0 Å². The van der Waals surface area contributed by atoms with Gasteiger partial charge in [0.2, 0.25) is 0 Å². The average molecular weight is 223 g/mol. The van der Waals surface area contributed by atoms with Gasteiger partial charge in [0.25, 0.3) is 0 Å². The predicted octanol–water partition coefficient (Wildman–Crippen LogP) is 2.64. The maximum absolute atomic E-state index is 8.82. The fourth-order valence-corrected chi connectivity index (χ4v) is 1.64. The number of nitrogens with two attached hydrogens (primary N) is 1. The van der Waals surface area contributed by atoms with Crippen molar-refractivity contribution < 1.29 is 0 Å². The lowest BCUT2D eigenvalue weighted by atomic mass is 10.0. The molecule has 0 radical (unpaired) electrons. The summed E-state index contributed by atoms with van der Waals surface area (Å²) in [6, 6.07) is 11.9. The zero-order chi connectivity index (χ0) is 12.3. The molecule has 1 aromatic heterocycles. The van der Waals surface area contributed by atoms with Crippen LogP contribution in [0.2, 0.25) is 0 Å².